The van der Waals surface area contributed by atoms with Crippen molar-refractivity contribution in [2.75, 3.05) is 39.7 Å². The maximum atomic E-state index is 12.3. The van der Waals surface area contributed by atoms with Crippen molar-refractivity contribution in [1.29, 1.82) is 0 Å². The fourth-order valence-electron chi connectivity index (χ4n) is 2.73. The topological polar surface area (TPSA) is 88.7 Å². The average Bonchev–Trinajstić information content (AvgIpc) is 3.28. The Morgan fingerprint density at radius 3 is 2.77 bits per heavy atom. The highest BCUT2D eigenvalue weighted by molar-refractivity contribution is 5.87. The molecule has 0 aliphatic carbocycles. The minimum Gasteiger partial charge on any atom is -0.497 e. The van der Waals surface area contributed by atoms with Gasteiger partial charge in [-0.05, 0) is 49.5 Å². The lowest BCUT2D eigenvalue weighted by Crippen LogP contribution is -2.20. The van der Waals surface area contributed by atoms with E-state index in [9.17, 15) is 4.79 Å². The number of carbonyl (C=O) groups is 1. The molecule has 0 spiro atoms. The molecule has 1 aromatic heterocycles. The highest BCUT2D eigenvalue weighted by Crippen LogP contribution is 2.31. The van der Waals surface area contributed by atoms with Crippen LogP contribution in [0.25, 0.3) is 11.1 Å². The van der Waals surface area contributed by atoms with Gasteiger partial charge in [0.1, 0.15) is 24.7 Å². The summed E-state index contributed by atoms with van der Waals surface area (Å²) in [5, 5.41) is 9.54. The molecule has 0 radical (unpaired) electrons. The third kappa shape index (κ3) is 5.99. The largest absolute Gasteiger partial charge is 0.497 e. The molecule has 0 fully saturated rings. The molecule has 0 saturated heterocycles. The zero-order valence-electron chi connectivity index (χ0n) is 17.3. The minimum absolute atomic E-state index is 0.132. The second-order valence-corrected chi connectivity index (χ2v) is 6.90. The monoisotopic (exact) mass is 410 g/mol. The third-order valence-corrected chi connectivity index (χ3v) is 4.35. The van der Waals surface area contributed by atoms with Gasteiger partial charge in [0.25, 0.3) is 0 Å². The number of benzene rings is 2. The number of hydrogen-bond donors (Lipinski definition) is 2. The van der Waals surface area contributed by atoms with Crippen molar-refractivity contribution in [1.82, 2.24) is 15.1 Å². The Balaban J connectivity index is 1.68. The maximum Gasteiger partial charge on any atom is 0.412 e. The molecule has 0 saturated carbocycles. The van der Waals surface area contributed by atoms with Crippen LogP contribution >= 0.6 is 0 Å². The van der Waals surface area contributed by atoms with Crippen LogP contribution in [0.15, 0.2) is 54.9 Å². The van der Waals surface area contributed by atoms with Gasteiger partial charge in [-0.1, -0.05) is 18.2 Å². The number of aromatic amines is 1. The van der Waals surface area contributed by atoms with E-state index in [1.807, 2.05) is 55.4 Å². The van der Waals surface area contributed by atoms with E-state index in [-0.39, 0.29) is 6.61 Å². The predicted octanol–water partition coefficient (Wildman–Crippen LogP) is 3.77. The van der Waals surface area contributed by atoms with Gasteiger partial charge in [0.05, 0.1) is 19.0 Å². The molecule has 0 aliphatic rings. The van der Waals surface area contributed by atoms with E-state index < -0.39 is 6.09 Å². The van der Waals surface area contributed by atoms with Crippen LogP contribution in [0.5, 0.6) is 11.5 Å². The van der Waals surface area contributed by atoms with Crippen LogP contribution in [0, 0.1) is 0 Å². The molecule has 2 N–H and O–H groups in total. The number of aromatic nitrogens is 2. The van der Waals surface area contributed by atoms with Gasteiger partial charge in [0, 0.05) is 18.3 Å². The van der Waals surface area contributed by atoms with Crippen LogP contribution < -0.4 is 14.8 Å². The summed E-state index contributed by atoms with van der Waals surface area (Å²) in [7, 11) is 5.54. The second-order valence-electron chi connectivity index (χ2n) is 6.90. The molecule has 8 nitrogen and oxygen atoms in total. The van der Waals surface area contributed by atoms with Gasteiger partial charge in [0.15, 0.2) is 0 Å². The molecule has 0 aliphatic heterocycles. The van der Waals surface area contributed by atoms with E-state index >= 15 is 0 Å². The van der Waals surface area contributed by atoms with E-state index in [0.717, 1.165) is 23.2 Å². The van der Waals surface area contributed by atoms with Gasteiger partial charge in [-0.25, -0.2) is 4.79 Å². The summed E-state index contributed by atoms with van der Waals surface area (Å²) >= 11 is 0. The number of rotatable bonds is 9. The fourth-order valence-corrected chi connectivity index (χ4v) is 2.73. The molecule has 0 unspecified atom stereocenters. The fraction of sp³-hybridized carbons (Fsp3) is 0.273. The number of H-pyrrole nitrogens is 1. The maximum absolute atomic E-state index is 12.3. The van der Waals surface area contributed by atoms with Crippen LogP contribution in [0.1, 0.15) is 5.56 Å². The summed E-state index contributed by atoms with van der Waals surface area (Å²) in [6, 6.07) is 12.9. The average molecular weight is 410 g/mol. The summed E-state index contributed by atoms with van der Waals surface area (Å²) in [5.74, 6) is 1.27. The van der Waals surface area contributed by atoms with Crippen molar-refractivity contribution in [3.8, 4) is 22.6 Å². The number of ether oxygens (including phenoxy) is 3. The molecular formula is C22H26N4O4. The third-order valence-electron chi connectivity index (χ3n) is 4.35. The van der Waals surface area contributed by atoms with Crippen molar-refractivity contribution in [3.05, 3.63) is 60.4 Å². The van der Waals surface area contributed by atoms with Crippen molar-refractivity contribution in [2.45, 2.75) is 6.61 Å². The molecule has 30 heavy (non-hydrogen) atoms. The Bertz CT molecular complexity index is 958. The molecule has 3 aromatic rings. The van der Waals surface area contributed by atoms with Gasteiger partial charge in [0.2, 0.25) is 0 Å². The number of likely N-dealkylation sites (N-methyl/N-ethyl adjacent to an activating group) is 1. The van der Waals surface area contributed by atoms with Crippen molar-refractivity contribution in [2.24, 2.45) is 0 Å². The molecule has 0 bridgehead atoms. The number of anilines is 1. The SMILES string of the molecule is COc1cccc(COC(=O)Nc2ccc(-c3cn[nH]c3)cc2OCCN(C)C)c1. The van der Waals surface area contributed by atoms with Crippen LogP contribution in [0.2, 0.25) is 0 Å². The molecule has 158 valence electrons. The first-order chi connectivity index (χ1) is 14.5. The van der Waals surface area contributed by atoms with Gasteiger partial charge < -0.3 is 19.1 Å². The number of amides is 1. The van der Waals surface area contributed by atoms with Crippen molar-refractivity contribution < 1.29 is 19.0 Å². The quantitative estimate of drug-likeness (QED) is 0.558. The molecule has 8 heteroatoms. The summed E-state index contributed by atoms with van der Waals surface area (Å²) in [6.07, 6.45) is 2.97. The summed E-state index contributed by atoms with van der Waals surface area (Å²) in [6.45, 7) is 1.36. The zero-order valence-corrected chi connectivity index (χ0v) is 17.3. The van der Waals surface area contributed by atoms with Gasteiger partial charge in [-0.3, -0.25) is 10.4 Å². The molecule has 2 aromatic carbocycles. The Morgan fingerprint density at radius 1 is 1.17 bits per heavy atom. The van der Waals surface area contributed by atoms with E-state index in [4.69, 9.17) is 14.2 Å². The molecule has 1 amide bonds. The van der Waals surface area contributed by atoms with Crippen LogP contribution in [-0.2, 0) is 11.3 Å². The van der Waals surface area contributed by atoms with Gasteiger partial charge in [-0.2, -0.15) is 5.10 Å². The van der Waals surface area contributed by atoms with Crippen molar-refractivity contribution >= 4 is 11.8 Å². The second kappa shape index (κ2) is 10.3. The number of nitrogens with zero attached hydrogens (tertiary/aromatic N) is 2. The Kier molecular flexibility index (Phi) is 7.29. The lowest BCUT2D eigenvalue weighted by Gasteiger charge is -2.16. The molecule has 0 atom stereocenters. The predicted molar refractivity (Wildman–Crippen MR) is 115 cm³/mol. The van der Waals surface area contributed by atoms with E-state index in [1.165, 1.54) is 0 Å². The lowest BCUT2D eigenvalue weighted by molar-refractivity contribution is 0.155. The molecular weight excluding hydrogens is 384 g/mol. The summed E-state index contributed by atoms with van der Waals surface area (Å²) in [4.78, 5) is 14.4. The number of carbonyl (C=O) groups excluding carboxylic acids is 1. The van der Waals surface area contributed by atoms with Gasteiger partial charge >= 0.3 is 6.09 Å². The first-order valence-corrected chi connectivity index (χ1v) is 9.52. The summed E-state index contributed by atoms with van der Waals surface area (Å²) in [5.41, 5.74) is 3.23. The van der Waals surface area contributed by atoms with Crippen LogP contribution in [0.3, 0.4) is 0 Å². The highest BCUT2D eigenvalue weighted by atomic mass is 16.5. The molecule has 1 heterocycles. The molecule has 3 rings (SSSR count). The first-order valence-electron chi connectivity index (χ1n) is 9.52. The van der Waals surface area contributed by atoms with E-state index in [0.29, 0.717) is 23.8 Å². The minimum atomic E-state index is -0.564. The summed E-state index contributed by atoms with van der Waals surface area (Å²) < 4.78 is 16.5. The normalized spacial score (nSPS) is 10.7. The Labute approximate surface area is 175 Å². The number of hydrogen-bond acceptors (Lipinski definition) is 6. The number of methoxy groups -OCH3 is 1. The number of nitrogens with one attached hydrogen (secondary N) is 2. The van der Waals surface area contributed by atoms with Crippen LogP contribution in [-0.4, -0.2) is 55.5 Å². The Hall–Kier alpha value is -3.52. The first kappa shape index (κ1) is 21.2. The van der Waals surface area contributed by atoms with Crippen LogP contribution in [0.4, 0.5) is 10.5 Å². The van der Waals surface area contributed by atoms with E-state index in [2.05, 4.69) is 15.5 Å². The van der Waals surface area contributed by atoms with Gasteiger partial charge in [-0.15, -0.1) is 0 Å². The highest BCUT2D eigenvalue weighted by Gasteiger charge is 2.12. The standard InChI is InChI=1S/C22H26N4O4/c1-26(2)9-10-29-21-12-17(18-13-23-24-14-18)7-8-20(21)25-22(27)30-15-16-5-4-6-19(11-16)28-3/h4-8,11-14H,9-10,15H2,1-3H3,(H,23,24)(H,25,27). The zero-order chi connectivity index (χ0) is 21.3. The lowest BCUT2D eigenvalue weighted by atomic mass is 10.1. The Morgan fingerprint density at radius 2 is 2.03 bits per heavy atom. The smallest absolute Gasteiger partial charge is 0.412 e. The van der Waals surface area contributed by atoms with E-state index in [1.54, 1.807) is 25.6 Å². The van der Waals surface area contributed by atoms with Crippen molar-refractivity contribution in [3.63, 3.8) is 0 Å².